The van der Waals surface area contributed by atoms with Gasteiger partial charge in [0.05, 0.1) is 6.61 Å². The number of ether oxygens (including phenoxy) is 3. The van der Waals surface area contributed by atoms with Crippen LogP contribution in [0.25, 0.3) is 0 Å². The van der Waals surface area contributed by atoms with Crippen molar-refractivity contribution in [1.82, 2.24) is 0 Å². The molecule has 0 radical (unpaired) electrons. The molecular weight excluding hydrogens is 314 g/mol. The molecule has 0 aliphatic carbocycles. The summed E-state index contributed by atoms with van der Waals surface area (Å²) in [6, 6.07) is 10.6. The van der Waals surface area contributed by atoms with E-state index in [0.717, 1.165) is 18.4 Å². The normalized spacial score (nSPS) is 10.7. The Morgan fingerprint density at radius 1 is 0.792 bits per heavy atom. The molecule has 0 N–H and O–H groups in total. The fourth-order valence-corrected chi connectivity index (χ4v) is 2.22. The van der Waals surface area contributed by atoms with Crippen molar-refractivity contribution in [3.63, 3.8) is 0 Å². The van der Waals surface area contributed by atoms with E-state index in [1.807, 2.05) is 24.3 Å². The van der Waals surface area contributed by atoms with E-state index in [4.69, 9.17) is 14.2 Å². The molecule has 0 saturated carbocycles. The van der Waals surface area contributed by atoms with E-state index < -0.39 is 11.6 Å². The molecule has 130 valence electrons. The van der Waals surface area contributed by atoms with E-state index >= 15 is 0 Å². The fourth-order valence-electron chi connectivity index (χ4n) is 2.22. The molecule has 2 aromatic rings. The molecule has 3 nitrogen and oxygen atoms in total. The molecule has 0 bridgehead atoms. The van der Waals surface area contributed by atoms with Gasteiger partial charge in [-0.25, -0.2) is 0 Å². The van der Waals surface area contributed by atoms with Crippen LogP contribution in [0.1, 0.15) is 24.5 Å². The Kier molecular flexibility index (Phi) is 7.00. The highest BCUT2D eigenvalue weighted by Gasteiger charge is 2.15. The van der Waals surface area contributed by atoms with Gasteiger partial charge in [-0.1, -0.05) is 37.6 Å². The van der Waals surface area contributed by atoms with Crippen LogP contribution < -0.4 is 9.47 Å². The third-order valence-corrected chi connectivity index (χ3v) is 3.51. The Balaban J connectivity index is 1.98. The minimum absolute atomic E-state index is 0.135. The molecule has 0 aliphatic rings. The number of hydrogen-bond acceptors (Lipinski definition) is 3. The van der Waals surface area contributed by atoms with Gasteiger partial charge in [0.1, 0.15) is 13.2 Å². The number of benzene rings is 2. The number of halogens is 2. The van der Waals surface area contributed by atoms with Crippen molar-refractivity contribution in [1.29, 1.82) is 0 Å². The molecule has 0 saturated heterocycles. The van der Waals surface area contributed by atoms with E-state index in [2.05, 4.69) is 6.92 Å². The van der Waals surface area contributed by atoms with Crippen molar-refractivity contribution >= 4 is 0 Å². The summed E-state index contributed by atoms with van der Waals surface area (Å²) in [5.74, 6) is -2.39. The van der Waals surface area contributed by atoms with Crippen molar-refractivity contribution in [2.24, 2.45) is 0 Å². The molecule has 24 heavy (non-hydrogen) atoms. The van der Waals surface area contributed by atoms with Gasteiger partial charge in [0.15, 0.2) is 11.5 Å². The summed E-state index contributed by atoms with van der Waals surface area (Å²) in [4.78, 5) is 0. The molecule has 0 aliphatic heterocycles. The van der Waals surface area contributed by atoms with Gasteiger partial charge in [0, 0.05) is 7.11 Å². The van der Waals surface area contributed by atoms with E-state index in [1.165, 1.54) is 24.8 Å². The maximum Gasteiger partial charge on any atom is 0.204 e. The van der Waals surface area contributed by atoms with Crippen LogP contribution >= 0.6 is 0 Å². The highest BCUT2D eigenvalue weighted by atomic mass is 19.2. The summed E-state index contributed by atoms with van der Waals surface area (Å²) in [6.45, 7) is 2.74. The number of hydrogen-bond donors (Lipinski definition) is 0. The Hall–Kier alpha value is -2.14. The van der Waals surface area contributed by atoms with Crippen molar-refractivity contribution in [3.8, 4) is 11.5 Å². The zero-order chi connectivity index (χ0) is 17.4. The lowest BCUT2D eigenvalue weighted by Gasteiger charge is -2.11. The Labute approximate surface area is 141 Å². The zero-order valence-corrected chi connectivity index (χ0v) is 14.0. The lowest BCUT2D eigenvalue weighted by atomic mass is 10.1. The molecular formula is C19H22F2O3. The van der Waals surface area contributed by atoms with Gasteiger partial charge >= 0.3 is 0 Å². The Morgan fingerprint density at radius 2 is 1.38 bits per heavy atom. The van der Waals surface area contributed by atoms with Gasteiger partial charge in [-0.3, -0.25) is 0 Å². The number of rotatable bonds is 9. The molecule has 0 atom stereocenters. The Morgan fingerprint density at radius 3 is 1.96 bits per heavy atom. The van der Waals surface area contributed by atoms with Crippen molar-refractivity contribution in [3.05, 3.63) is 59.2 Å². The topological polar surface area (TPSA) is 27.7 Å². The quantitative estimate of drug-likeness (QED) is 0.630. The summed E-state index contributed by atoms with van der Waals surface area (Å²) in [5, 5.41) is 0. The Bertz CT molecular complexity index is 642. The van der Waals surface area contributed by atoms with Crippen molar-refractivity contribution in [2.45, 2.75) is 26.4 Å². The third-order valence-electron chi connectivity index (χ3n) is 3.51. The van der Waals surface area contributed by atoms with Crippen LogP contribution in [0.15, 0.2) is 36.4 Å². The maximum absolute atomic E-state index is 14.0. The fraction of sp³-hybridized carbons (Fsp3) is 0.368. The molecule has 2 rings (SSSR count). The summed E-state index contributed by atoms with van der Waals surface area (Å²) >= 11 is 0. The third kappa shape index (κ3) is 4.93. The lowest BCUT2D eigenvalue weighted by Crippen LogP contribution is -2.07. The molecule has 0 heterocycles. The first-order valence-electron chi connectivity index (χ1n) is 7.96. The zero-order valence-electron chi connectivity index (χ0n) is 14.0. The van der Waals surface area contributed by atoms with Crippen LogP contribution in [0.4, 0.5) is 8.78 Å². The maximum atomic E-state index is 14.0. The highest BCUT2D eigenvalue weighted by molar-refractivity contribution is 5.35. The van der Waals surface area contributed by atoms with E-state index in [-0.39, 0.29) is 24.7 Å². The van der Waals surface area contributed by atoms with E-state index in [1.54, 1.807) is 0 Å². The summed E-state index contributed by atoms with van der Waals surface area (Å²) in [5.41, 5.74) is 2.14. The second-order valence-corrected chi connectivity index (χ2v) is 5.39. The molecule has 0 unspecified atom stereocenters. The van der Waals surface area contributed by atoms with E-state index in [0.29, 0.717) is 6.61 Å². The van der Waals surface area contributed by atoms with Gasteiger partial charge in [-0.15, -0.1) is 0 Å². The molecule has 0 amide bonds. The SMILES string of the molecule is CCCc1ccc(COc2ccc(OCCOC)c(F)c2F)cc1. The van der Waals surface area contributed by atoms with Crippen LogP contribution in [-0.2, 0) is 17.8 Å². The molecule has 0 spiro atoms. The molecule has 5 heteroatoms. The van der Waals surface area contributed by atoms with E-state index in [9.17, 15) is 8.78 Å². The van der Waals surface area contributed by atoms with Crippen LogP contribution in [0.5, 0.6) is 11.5 Å². The minimum Gasteiger partial charge on any atom is -0.488 e. The van der Waals surface area contributed by atoms with Gasteiger partial charge in [0.2, 0.25) is 11.6 Å². The van der Waals surface area contributed by atoms with Gasteiger partial charge in [-0.05, 0) is 29.7 Å². The molecule has 0 fully saturated rings. The lowest BCUT2D eigenvalue weighted by molar-refractivity contribution is 0.143. The molecule has 0 aromatic heterocycles. The highest BCUT2D eigenvalue weighted by Crippen LogP contribution is 2.28. The first kappa shape index (κ1) is 18.2. The van der Waals surface area contributed by atoms with Gasteiger partial charge < -0.3 is 14.2 Å². The summed E-state index contributed by atoms with van der Waals surface area (Å²) in [7, 11) is 1.51. The summed E-state index contributed by atoms with van der Waals surface area (Å²) < 4.78 is 43.3. The summed E-state index contributed by atoms with van der Waals surface area (Å²) in [6.07, 6.45) is 2.10. The average molecular weight is 336 g/mol. The number of aryl methyl sites for hydroxylation is 1. The average Bonchev–Trinajstić information content (AvgIpc) is 2.60. The minimum atomic E-state index is -1.05. The monoisotopic (exact) mass is 336 g/mol. The second kappa shape index (κ2) is 9.23. The van der Waals surface area contributed by atoms with Crippen molar-refractivity contribution in [2.75, 3.05) is 20.3 Å². The standard InChI is InChI=1S/C19H22F2O3/c1-3-4-14-5-7-15(8-6-14)13-24-17-10-9-16(18(20)19(17)21)23-12-11-22-2/h5-10H,3-4,11-13H2,1-2H3. The van der Waals surface area contributed by atoms with Crippen LogP contribution in [0, 0.1) is 11.6 Å². The van der Waals surface area contributed by atoms with Gasteiger partial charge in [0.25, 0.3) is 0 Å². The number of methoxy groups -OCH3 is 1. The first-order valence-corrected chi connectivity index (χ1v) is 7.96. The predicted molar refractivity (Wildman–Crippen MR) is 88.5 cm³/mol. The molecule has 2 aromatic carbocycles. The van der Waals surface area contributed by atoms with Crippen LogP contribution in [0.2, 0.25) is 0 Å². The van der Waals surface area contributed by atoms with Crippen LogP contribution in [-0.4, -0.2) is 20.3 Å². The van der Waals surface area contributed by atoms with Crippen LogP contribution in [0.3, 0.4) is 0 Å². The second-order valence-electron chi connectivity index (χ2n) is 5.39. The smallest absolute Gasteiger partial charge is 0.204 e. The largest absolute Gasteiger partial charge is 0.488 e. The van der Waals surface area contributed by atoms with Gasteiger partial charge in [-0.2, -0.15) is 8.78 Å². The predicted octanol–water partition coefficient (Wildman–Crippen LogP) is 4.52. The van der Waals surface area contributed by atoms with Crippen molar-refractivity contribution < 1.29 is 23.0 Å². The first-order chi connectivity index (χ1) is 11.7.